The van der Waals surface area contributed by atoms with E-state index in [4.69, 9.17) is 0 Å². The molecule has 0 aliphatic heterocycles. The van der Waals surface area contributed by atoms with Gasteiger partial charge in [-0.3, -0.25) is 0 Å². The topological polar surface area (TPSA) is 0 Å². The second kappa shape index (κ2) is 3.21. The minimum atomic E-state index is 1.05. The molecular weight excluding hydrogens is 156 g/mol. The fourth-order valence-electron chi connectivity index (χ4n) is 1.68. The van der Waals surface area contributed by atoms with Gasteiger partial charge in [0.2, 0.25) is 0 Å². The Morgan fingerprint density at radius 1 is 1.00 bits per heavy atom. The highest BCUT2D eigenvalue weighted by atomic mass is 14.0. The van der Waals surface area contributed by atoms with Crippen LogP contribution in [0.1, 0.15) is 18.9 Å². The molecule has 1 aromatic rings. The minimum absolute atomic E-state index is 1.05. The summed E-state index contributed by atoms with van der Waals surface area (Å²) in [7, 11) is 0. The van der Waals surface area contributed by atoms with Crippen molar-refractivity contribution in [2.45, 2.75) is 20.3 Å². The van der Waals surface area contributed by atoms with Crippen molar-refractivity contribution >= 4 is 12.2 Å². The molecule has 1 aliphatic carbocycles. The Morgan fingerprint density at radius 2 is 1.85 bits per heavy atom. The van der Waals surface area contributed by atoms with Crippen molar-refractivity contribution in [3.63, 3.8) is 0 Å². The van der Waals surface area contributed by atoms with Crippen LogP contribution >= 0.6 is 0 Å². The molecule has 0 N–H and O–H groups in total. The summed E-state index contributed by atoms with van der Waals surface area (Å²) in [4.78, 5) is 0. The third kappa shape index (κ3) is 1.72. The Kier molecular flexibility index (Phi) is 2.05. The number of rotatable bonds is 0. The van der Waals surface area contributed by atoms with E-state index < -0.39 is 0 Å². The molecule has 0 heteroatoms. The van der Waals surface area contributed by atoms with E-state index in [2.05, 4.69) is 50.3 Å². The zero-order valence-electron chi connectivity index (χ0n) is 8.17. The molecule has 0 saturated heterocycles. The van der Waals surface area contributed by atoms with Crippen LogP contribution in [0.25, 0.3) is 12.2 Å². The number of fused-ring (bicyclic) bond motifs is 1. The summed E-state index contributed by atoms with van der Waals surface area (Å²) in [5.74, 6) is 0. The zero-order valence-corrected chi connectivity index (χ0v) is 8.17. The first-order valence-electron chi connectivity index (χ1n) is 4.71. The van der Waals surface area contributed by atoms with Crippen molar-refractivity contribution in [2.24, 2.45) is 0 Å². The Hall–Kier alpha value is -1.30. The summed E-state index contributed by atoms with van der Waals surface area (Å²) in [6, 6.07) is 6.61. The molecule has 0 nitrogen and oxygen atoms in total. The van der Waals surface area contributed by atoms with Crippen LogP contribution in [0.3, 0.4) is 0 Å². The summed E-state index contributed by atoms with van der Waals surface area (Å²) >= 11 is 0. The summed E-state index contributed by atoms with van der Waals surface area (Å²) in [5.41, 5.74) is 2.70. The zero-order chi connectivity index (χ0) is 9.26. The first-order chi connectivity index (χ1) is 6.25. The third-order valence-electron chi connectivity index (χ3n) is 2.40. The molecule has 1 aromatic carbocycles. The van der Waals surface area contributed by atoms with Crippen molar-refractivity contribution in [3.05, 3.63) is 45.8 Å². The van der Waals surface area contributed by atoms with Gasteiger partial charge in [0.25, 0.3) is 0 Å². The molecule has 0 aromatic heterocycles. The monoisotopic (exact) mass is 170 g/mol. The van der Waals surface area contributed by atoms with Gasteiger partial charge < -0.3 is 0 Å². The van der Waals surface area contributed by atoms with Crippen molar-refractivity contribution < 1.29 is 0 Å². The van der Waals surface area contributed by atoms with Gasteiger partial charge in [-0.1, -0.05) is 47.6 Å². The van der Waals surface area contributed by atoms with E-state index in [1.54, 1.807) is 0 Å². The Balaban J connectivity index is 2.75. The average molecular weight is 170 g/mol. The summed E-state index contributed by atoms with van der Waals surface area (Å²) in [6.07, 6.45) is 7.85. The molecule has 0 heterocycles. The number of aryl methyl sites for hydroxylation is 1. The second-order valence-corrected chi connectivity index (χ2v) is 3.66. The minimum Gasteiger partial charge on any atom is -0.0778 e. The molecule has 0 saturated carbocycles. The largest absolute Gasteiger partial charge is 0.0778 e. The van der Waals surface area contributed by atoms with E-state index in [0.29, 0.717) is 0 Å². The summed E-state index contributed by atoms with van der Waals surface area (Å²) < 4.78 is 0. The molecule has 0 amide bonds. The van der Waals surface area contributed by atoms with Gasteiger partial charge in [0.1, 0.15) is 0 Å². The molecule has 2 rings (SSSR count). The molecule has 0 spiro atoms. The summed E-state index contributed by atoms with van der Waals surface area (Å²) in [6.45, 7) is 4.29. The third-order valence-corrected chi connectivity index (χ3v) is 2.40. The maximum Gasteiger partial charge on any atom is -0.0154 e. The number of allylic oxidation sites excluding steroid dienone is 2. The van der Waals surface area contributed by atoms with Crippen LogP contribution in [0.4, 0.5) is 0 Å². The van der Waals surface area contributed by atoms with Crippen LogP contribution < -0.4 is 10.4 Å². The van der Waals surface area contributed by atoms with Crippen molar-refractivity contribution in [3.8, 4) is 0 Å². The predicted octanol–water partition coefficient (Wildman–Crippen LogP) is 1.91. The SMILES string of the molecule is CC1=CCC=c2cc(C)ccc2=C1. The number of hydrogen-bond acceptors (Lipinski definition) is 0. The van der Waals surface area contributed by atoms with Gasteiger partial charge in [-0.25, -0.2) is 0 Å². The first kappa shape index (κ1) is 8.31. The number of benzene rings is 1. The highest BCUT2D eigenvalue weighted by molar-refractivity contribution is 5.50. The Morgan fingerprint density at radius 3 is 2.69 bits per heavy atom. The lowest BCUT2D eigenvalue weighted by molar-refractivity contribution is 1.38. The van der Waals surface area contributed by atoms with Gasteiger partial charge in [0.05, 0.1) is 0 Å². The molecule has 0 bridgehead atoms. The Labute approximate surface area is 78.9 Å². The van der Waals surface area contributed by atoms with Gasteiger partial charge in [-0.15, -0.1) is 0 Å². The maximum atomic E-state index is 2.29. The quantitative estimate of drug-likeness (QED) is 0.558. The molecule has 0 unspecified atom stereocenters. The van der Waals surface area contributed by atoms with Crippen molar-refractivity contribution in [2.75, 3.05) is 0 Å². The van der Waals surface area contributed by atoms with E-state index in [-0.39, 0.29) is 0 Å². The predicted molar refractivity (Wildman–Crippen MR) is 57.7 cm³/mol. The van der Waals surface area contributed by atoms with Gasteiger partial charge in [-0.2, -0.15) is 0 Å². The number of hydrogen-bond donors (Lipinski definition) is 0. The van der Waals surface area contributed by atoms with Gasteiger partial charge in [-0.05, 0) is 30.7 Å². The maximum absolute atomic E-state index is 2.29. The molecule has 66 valence electrons. The van der Waals surface area contributed by atoms with Crippen molar-refractivity contribution in [1.29, 1.82) is 0 Å². The van der Waals surface area contributed by atoms with Crippen LogP contribution in [-0.2, 0) is 0 Å². The van der Waals surface area contributed by atoms with Crippen LogP contribution in [0, 0.1) is 6.92 Å². The first-order valence-corrected chi connectivity index (χ1v) is 4.71. The lowest BCUT2D eigenvalue weighted by Crippen LogP contribution is -2.23. The van der Waals surface area contributed by atoms with E-state index in [1.165, 1.54) is 21.6 Å². The standard InChI is InChI=1S/C13H14/c1-10-4-3-5-12-9-11(2)6-7-13(12)8-10/h4-9H,3H2,1-2H3. The van der Waals surface area contributed by atoms with Gasteiger partial charge >= 0.3 is 0 Å². The Bertz CT molecular complexity index is 461. The van der Waals surface area contributed by atoms with E-state index in [0.717, 1.165) is 6.42 Å². The molecule has 0 atom stereocenters. The fraction of sp³-hybridized carbons (Fsp3) is 0.231. The van der Waals surface area contributed by atoms with Crippen LogP contribution in [0.2, 0.25) is 0 Å². The van der Waals surface area contributed by atoms with E-state index in [9.17, 15) is 0 Å². The molecule has 0 radical (unpaired) electrons. The highest BCUT2D eigenvalue weighted by Gasteiger charge is 1.92. The molecule has 13 heavy (non-hydrogen) atoms. The van der Waals surface area contributed by atoms with E-state index in [1.807, 2.05) is 0 Å². The van der Waals surface area contributed by atoms with Gasteiger partial charge in [0.15, 0.2) is 0 Å². The van der Waals surface area contributed by atoms with Crippen LogP contribution in [0.15, 0.2) is 29.8 Å². The highest BCUT2D eigenvalue weighted by Crippen LogP contribution is 2.00. The second-order valence-electron chi connectivity index (χ2n) is 3.66. The van der Waals surface area contributed by atoms with Crippen LogP contribution in [0.5, 0.6) is 0 Å². The lowest BCUT2D eigenvalue weighted by Gasteiger charge is -1.92. The van der Waals surface area contributed by atoms with Gasteiger partial charge in [0, 0.05) is 0 Å². The average Bonchev–Trinajstić information content (AvgIpc) is 2.25. The molecule has 0 fully saturated rings. The van der Waals surface area contributed by atoms with E-state index >= 15 is 0 Å². The van der Waals surface area contributed by atoms with Crippen molar-refractivity contribution in [1.82, 2.24) is 0 Å². The summed E-state index contributed by atoms with van der Waals surface area (Å²) in [5, 5.41) is 2.71. The molecular formula is C13H14. The smallest absolute Gasteiger partial charge is 0.0154 e. The lowest BCUT2D eigenvalue weighted by atomic mass is 10.1. The molecule has 1 aliphatic rings. The fourth-order valence-corrected chi connectivity index (χ4v) is 1.68. The van der Waals surface area contributed by atoms with Crippen LogP contribution in [-0.4, -0.2) is 0 Å². The normalized spacial score (nSPS) is 14.8.